The smallest absolute Gasteiger partial charge is 0.119 e. The molecule has 0 fully saturated rings. The Kier molecular flexibility index (Phi) is 3.53. The number of aliphatic hydroxyl groups is 1. The van der Waals surface area contributed by atoms with E-state index in [1.165, 1.54) is 0 Å². The van der Waals surface area contributed by atoms with Gasteiger partial charge in [0.05, 0.1) is 13.2 Å². The topological polar surface area (TPSA) is 29.5 Å². The number of rotatable bonds is 4. The average Bonchev–Trinajstić information content (AvgIpc) is 2.18. The maximum atomic E-state index is 8.90. The Balaban J connectivity index is 2.82. The summed E-state index contributed by atoms with van der Waals surface area (Å²) in [4.78, 5) is 0. The van der Waals surface area contributed by atoms with Crippen molar-refractivity contribution in [3.63, 3.8) is 0 Å². The number of aliphatic hydroxyl groups excluding tert-OH is 1. The molecule has 0 aliphatic rings. The number of benzene rings is 1. The molecule has 1 rings (SSSR count). The fraction of sp³-hybridized carbons (Fsp3) is 0.273. The summed E-state index contributed by atoms with van der Waals surface area (Å²) < 4.78 is 5.25. The van der Waals surface area contributed by atoms with E-state index in [2.05, 4.69) is 6.58 Å². The molecule has 0 bridgehead atoms. The van der Waals surface area contributed by atoms with E-state index in [9.17, 15) is 0 Å². The van der Waals surface area contributed by atoms with E-state index < -0.39 is 0 Å². The van der Waals surface area contributed by atoms with Gasteiger partial charge < -0.3 is 9.84 Å². The lowest BCUT2D eigenvalue weighted by Crippen LogP contribution is -1.91. The molecule has 0 amide bonds. The monoisotopic (exact) mass is 178 g/mol. The van der Waals surface area contributed by atoms with Crippen LogP contribution in [0.5, 0.6) is 0 Å². The van der Waals surface area contributed by atoms with Gasteiger partial charge in [0.15, 0.2) is 0 Å². The first kappa shape index (κ1) is 9.81. The highest BCUT2D eigenvalue weighted by Gasteiger charge is 1.99. The summed E-state index contributed by atoms with van der Waals surface area (Å²) >= 11 is 0. The molecule has 0 saturated carbocycles. The lowest BCUT2D eigenvalue weighted by Gasteiger charge is -2.07. The molecule has 0 unspecified atom stereocenters. The van der Waals surface area contributed by atoms with E-state index in [4.69, 9.17) is 9.84 Å². The van der Waals surface area contributed by atoms with Crippen LogP contribution in [-0.2, 0) is 11.3 Å². The van der Waals surface area contributed by atoms with Crippen molar-refractivity contribution in [2.45, 2.75) is 13.5 Å². The zero-order chi connectivity index (χ0) is 9.68. The van der Waals surface area contributed by atoms with Crippen molar-refractivity contribution in [2.24, 2.45) is 0 Å². The van der Waals surface area contributed by atoms with Crippen LogP contribution in [-0.4, -0.2) is 11.7 Å². The molecule has 0 aliphatic carbocycles. The molecule has 0 spiro atoms. The van der Waals surface area contributed by atoms with Crippen molar-refractivity contribution in [3.05, 3.63) is 42.0 Å². The second-order valence-electron chi connectivity index (χ2n) is 2.71. The van der Waals surface area contributed by atoms with Crippen molar-refractivity contribution < 1.29 is 9.84 Å². The van der Waals surface area contributed by atoms with Gasteiger partial charge in [0.1, 0.15) is 5.76 Å². The van der Waals surface area contributed by atoms with Gasteiger partial charge in [0.2, 0.25) is 0 Å². The van der Waals surface area contributed by atoms with E-state index in [0.717, 1.165) is 11.1 Å². The Morgan fingerprint density at radius 1 is 1.54 bits per heavy atom. The molecule has 13 heavy (non-hydrogen) atoms. The molecule has 70 valence electrons. The van der Waals surface area contributed by atoms with E-state index in [-0.39, 0.29) is 6.61 Å². The second-order valence-corrected chi connectivity index (χ2v) is 2.71. The molecule has 0 atom stereocenters. The van der Waals surface area contributed by atoms with Crippen LogP contribution in [0.1, 0.15) is 18.1 Å². The average molecular weight is 178 g/mol. The second kappa shape index (κ2) is 4.67. The molecule has 0 radical (unpaired) electrons. The molecule has 0 saturated heterocycles. The summed E-state index contributed by atoms with van der Waals surface area (Å²) in [5.41, 5.74) is 1.80. The Hall–Kier alpha value is -1.28. The summed E-state index contributed by atoms with van der Waals surface area (Å²) in [5, 5.41) is 8.90. The van der Waals surface area contributed by atoms with Crippen molar-refractivity contribution in [3.8, 4) is 0 Å². The molecule has 0 aromatic heterocycles. The normalized spacial score (nSPS) is 9.69. The van der Waals surface area contributed by atoms with Gasteiger partial charge in [-0.15, -0.1) is 0 Å². The predicted octanol–water partition coefficient (Wildman–Crippen LogP) is 2.19. The third kappa shape index (κ3) is 2.60. The van der Waals surface area contributed by atoms with Crippen LogP contribution in [0.4, 0.5) is 0 Å². The lowest BCUT2D eigenvalue weighted by atomic mass is 10.1. The minimum Gasteiger partial charge on any atom is -0.494 e. The summed E-state index contributed by atoms with van der Waals surface area (Å²) in [7, 11) is 0. The fourth-order valence-electron chi connectivity index (χ4n) is 1.10. The first-order valence-electron chi connectivity index (χ1n) is 4.29. The van der Waals surface area contributed by atoms with Crippen LogP contribution in [0.2, 0.25) is 0 Å². The van der Waals surface area contributed by atoms with Gasteiger partial charge >= 0.3 is 0 Å². The van der Waals surface area contributed by atoms with Gasteiger partial charge in [-0.2, -0.15) is 0 Å². The van der Waals surface area contributed by atoms with Crippen LogP contribution >= 0.6 is 0 Å². The number of hydrogen-bond acceptors (Lipinski definition) is 2. The van der Waals surface area contributed by atoms with Crippen LogP contribution in [0, 0.1) is 0 Å². The Morgan fingerprint density at radius 3 is 2.92 bits per heavy atom. The minimum absolute atomic E-state index is 0.0489. The fourth-order valence-corrected chi connectivity index (χ4v) is 1.10. The first-order valence-corrected chi connectivity index (χ1v) is 4.29. The summed E-state index contributed by atoms with van der Waals surface area (Å²) in [5.74, 6) is 0.651. The van der Waals surface area contributed by atoms with Crippen molar-refractivity contribution in [1.82, 2.24) is 0 Å². The first-order chi connectivity index (χ1) is 6.27. The largest absolute Gasteiger partial charge is 0.494 e. The highest BCUT2D eigenvalue weighted by Crippen LogP contribution is 2.15. The van der Waals surface area contributed by atoms with E-state index >= 15 is 0 Å². The Bertz CT molecular complexity index is 292. The zero-order valence-electron chi connectivity index (χ0n) is 7.79. The standard InChI is InChI=1S/C11H14O2/c1-3-13-9(2)11-6-4-5-10(7-11)8-12/h4-7,12H,2-3,8H2,1H3. The van der Waals surface area contributed by atoms with E-state index in [1.54, 1.807) is 0 Å². The molecule has 1 aromatic carbocycles. The van der Waals surface area contributed by atoms with Gasteiger partial charge in [-0.1, -0.05) is 24.8 Å². The van der Waals surface area contributed by atoms with Crippen LogP contribution in [0.25, 0.3) is 5.76 Å². The molecular weight excluding hydrogens is 164 g/mol. The van der Waals surface area contributed by atoms with Gasteiger partial charge in [-0.05, 0) is 18.6 Å². The van der Waals surface area contributed by atoms with Crippen molar-refractivity contribution in [1.29, 1.82) is 0 Å². The molecule has 0 heterocycles. The van der Waals surface area contributed by atoms with Gasteiger partial charge in [0, 0.05) is 5.56 Å². The maximum absolute atomic E-state index is 8.90. The molecule has 0 aliphatic heterocycles. The SMILES string of the molecule is C=C(OCC)c1cccc(CO)c1. The number of ether oxygens (including phenoxy) is 1. The van der Waals surface area contributed by atoms with Gasteiger partial charge in [0.25, 0.3) is 0 Å². The predicted molar refractivity (Wildman–Crippen MR) is 53.0 cm³/mol. The van der Waals surface area contributed by atoms with Crippen molar-refractivity contribution >= 4 is 5.76 Å². The third-order valence-electron chi connectivity index (χ3n) is 1.75. The zero-order valence-corrected chi connectivity index (χ0v) is 7.79. The highest BCUT2D eigenvalue weighted by atomic mass is 16.5. The van der Waals surface area contributed by atoms with Crippen LogP contribution < -0.4 is 0 Å². The highest BCUT2D eigenvalue weighted by molar-refractivity contribution is 5.57. The molecule has 2 heteroatoms. The van der Waals surface area contributed by atoms with Gasteiger partial charge in [-0.25, -0.2) is 0 Å². The number of hydrogen-bond donors (Lipinski definition) is 1. The Morgan fingerprint density at radius 2 is 2.31 bits per heavy atom. The van der Waals surface area contributed by atoms with E-state index in [0.29, 0.717) is 12.4 Å². The summed E-state index contributed by atoms with van der Waals surface area (Å²) in [6.45, 7) is 6.37. The van der Waals surface area contributed by atoms with Crippen molar-refractivity contribution in [2.75, 3.05) is 6.61 Å². The lowest BCUT2D eigenvalue weighted by molar-refractivity contribution is 0.281. The molecule has 1 N–H and O–H groups in total. The quantitative estimate of drug-likeness (QED) is 0.716. The maximum Gasteiger partial charge on any atom is 0.119 e. The van der Waals surface area contributed by atoms with Crippen LogP contribution in [0.3, 0.4) is 0 Å². The van der Waals surface area contributed by atoms with E-state index in [1.807, 2.05) is 31.2 Å². The van der Waals surface area contributed by atoms with Crippen LogP contribution in [0.15, 0.2) is 30.8 Å². The summed E-state index contributed by atoms with van der Waals surface area (Å²) in [6.07, 6.45) is 0. The third-order valence-corrected chi connectivity index (χ3v) is 1.75. The summed E-state index contributed by atoms with van der Waals surface area (Å²) in [6, 6.07) is 7.53. The molecule has 1 aromatic rings. The molecular formula is C11H14O2. The Labute approximate surface area is 78.5 Å². The minimum atomic E-state index is 0.0489. The molecule has 2 nitrogen and oxygen atoms in total. The van der Waals surface area contributed by atoms with Gasteiger partial charge in [-0.3, -0.25) is 0 Å².